The van der Waals surface area contributed by atoms with Gasteiger partial charge in [-0.1, -0.05) is 11.6 Å². The summed E-state index contributed by atoms with van der Waals surface area (Å²) >= 11 is 13.5. The summed E-state index contributed by atoms with van der Waals surface area (Å²) in [5.41, 5.74) is -0.0287. The Labute approximate surface area is 86.6 Å². The molecule has 0 aliphatic carbocycles. The molecule has 64 valence electrons. The molecule has 1 nitrogen and oxygen atoms in total. The first-order chi connectivity index (χ1) is 5.54. The normalized spacial score (nSPS) is 10.0. The number of benzene rings is 1. The number of carbonyl (C=O) groups excluding carboxylic acids is 1. The minimum absolute atomic E-state index is 0.0287. The second-order valence-corrected chi connectivity index (χ2v) is 3.57. The number of rotatable bonds is 1. The molecule has 0 bridgehead atoms. The van der Waals surface area contributed by atoms with E-state index >= 15 is 0 Å². The van der Waals surface area contributed by atoms with Gasteiger partial charge in [0.25, 0.3) is 5.24 Å². The van der Waals surface area contributed by atoms with Gasteiger partial charge in [0, 0.05) is 0 Å². The van der Waals surface area contributed by atoms with E-state index in [1.165, 1.54) is 12.1 Å². The monoisotopic (exact) mass is 270 g/mol. The summed E-state index contributed by atoms with van der Waals surface area (Å²) in [6, 6.07) is 2.72. The third kappa shape index (κ3) is 1.79. The van der Waals surface area contributed by atoms with Crippen LogP contribution < -0.4 is 0 Å². The highest BCUT2D eigenvalue weighted by molar-refractivity contribution is 9.10. The van der Waals surface area contributed by atoms with E-state index in [0.717, 1.165) is 0 Å². The van der Waals surface area contributed by atoms with Crippen LogP contribution in [0.4, 0.5) is 4.39 Å². The molecule has 0 fully saturated rings. The second-order valence-electron chi connectivity index (χ2n) is 2.00. The van der Waals surface area contributed by atoms with Crippen molar-refractivity contribution in [2.45, 2.75) is 0 Å². The van der Waals surface area contributed by atoms with Gasteiger partial charge in [0.2, 0.25) is 0 Å². The molecular weight excluding hydrogens is 270 g/mol. The molecule has 1 rings (SSSR count). The van der Waals surface area contributed by atoms with Crippen molar-refractivity contribution in [1.82, 2.24) is 0 Å². The van der Waals surface area contributed by atoms with Gasteiger partial charge in [0.05, 0.1) is 15.1 Å². The lowest BCUT2D eigenvalue weighted by molar-refractivity contribution is 0.108. The zero-order valence-electron chi connectivity index (χ0n) is 5.57. The van der Waals surface area contributed by atoms with E-state index in [9.17, 15) is 9.18 Å². The summed E-state index contributed by atoms with van der Waals surface area (Å²) in [7, 11) is 0. The highest BCUT2D eigenvalue weighted by Gasteiger charge is 2.13. The second kappa shape index (κ2) is 3.73. The Morgan fingerprint density at radius 1 is 1.50 bits per heavy atom. The van der Waals surface area contributed by atoms with Crippen molar-refractivity contribution < 1.29 is 9.18 Å². The van der Waals surface area contributed by atoms with Gasteiger partial charge in [-0.05, 0) is 39.7 Å². The lowest BCUT2D eigenvalue weighted by Crippen LogP contribution is -1.93. The molecule has 0 heterocycles. The van der Waals surface area contributed by atoms with Crippen molar-refractivity contribution in [3.8, 4) is 0 Å². The van der Waals surface area contributed by atoms with E-state index < -0.39 is 11.1 Å². The van der Waals surface area contributed by atoms with Crippen LogP contribution in [0, 0.1) is 5.82 Å². The zero-order valence-corrected chi connectivity index (χ0v) is 8.67. The van der Waals surface area contributed by atoms with E-state index in [0.29, 0.717) is 0 Å². The van der Waals surface area contributed by atoms with E-state index in [4.69, 9.17) is 23.2 Å². The molecule has 0 aromatic heterocycles. The van der Waals surface area contributed by atoms with Gasteiger partial charge in [-0.15, -0.1) is 0 Å². The largest absolute Gasteiger partial charge is 0.276 e. The van der Waals surface area contributed by atoms with Crippen LogP contribution in [0.25, 0.3) is 0 Å². The van der Waals surface area contributed by atoms with Crippen LogP contribution in [0.5, 0.6) is 0 Å². The molecule has 1 aromatic carbocycles. The van der Waals surface area contributed by atoms with Crippen molar-refractivity contribution in [2.24, 2.45) is 0 Å². The summed E-state index contributed by atoms with van der Waals surface area (Å²) in [6.07, 6.45) is 0. The van der Waals surface area contributed by atoms with Gasteiger partial charge in [-0.3, -0.25) is 4.79 Å². The molecule has 0 saturated carbocycles. The molecule has 12 heavy (non-hydrogen) atoms. The zero-order chi connectivity index (χ0) is 9.30. The predicted octanol–water partition coefficient (Wildman–Crippen LogP) is 3.62. The van der Waals surface area contributed by atoms with Crippen molar-refractivity contribution >= 4 is 44.4 Å². The summed E-state index contributed by atoms with van der Waals surface area (Å²) < 4.78 is 13.2. The van der Waals surface area contributed by atoms with Crippen LogP contribution in [0.1, 0.15) is 10.4 Å². The first kappa shape index (κ1) is 9.96. The molecule has 5 heteroatoms. The molecule has 0 N–H and O–H groups in total. The maximum Gasteiger partial charge on any atom is 0.254 e. The molecule has 0 spiro atoms. The van der Waals surface area contributed by atoms with Gasteiger partial charge in [0.15, 0.2) is 5.82 Å². The van der Waals surface area contributed by atoms with Crippen molar-refractivity contribution in [3.63, 3.8) is 0 Å². The van der Waals surface area contributed by atoms with Gasteiger partial charge in [-0.2, -0.15) is 0 Å². The van der Waals surface area contributed by atoms with Crippen LogP contribution in [0.3, 0.4) is 0 Å². The number of hydrogen-bond donors (Lipinski definition) is 0. The van der Waals surface area contributed by atoms with Crippen LogP contribution in [0.2, 0.25) is 5.02 Å². The quantitative estimate of drug-likeness (QED) is 0.563. The topological polar surface area (TPSA) is 17.1 Å². The van der Waals surface area contributed by atoms with Gasteiger partial charge in [0.1, 0.15) is 0 Å². The highest BCUT2D eigenvalue weighted by Crippen LogP contribution is 2.27. The first-order valence-electron chi connectivity index (χ1n) is 2.87. The fourth-order valence-electron chi connectivity index (χ4n) is 0.678. The lowest BCUT2D eigenvalue weighted by Gasteiger charge is -2.00. The fraction of sp³-hybridized carbons (Fsp3) is 0. The Hall–Kier alpha value is -0.120. The number of halogens is 4. The standard InChI is InChI=1S/C7H2BrCl2FO/c8-4-2-1-3(7(10)12)5(9)6(4)11/h1-2H. The Balaban J connectivity index is 3.36. The maximum absolute atomic E-state index is 13.0. The minimum Gasteiger partial charge on any atom is -0.276 e. The van der Waals surface area contributed by atoms with Gasteiger partial charge < -0.3 is 0 Å². The van der Waals surface area contributed by atoms with Gasteiger partial charge in [-0.25, -0.2) is 4.39 Å². The van der Waals surface area contributed by atoms with Crippen molar-refractivity contribution in [3.05, 3.63) is 33.0 Å². The Bertz CT molecular complexity index is 340. The molecular formula is C7H2BrCl2FO. The van der Waals surface area contributed by atoms with E-state index in [1.807, 2.05) is 0 Å². The molecule has 1 aromatic rings. The van der Waals surface area contributed by atoms with Crippen molar-refractivity contribution in [1.29, 1.82) is 0 Å². The van der Waals surface area contributed by atoms with Crippen molar-refractivity contribution in [2.75, 3.05) is 0 Å². The van der Waals surface area contributed by atoms with E-state index in [-0.39, 0.29) is 15.1 Å². The Morgan fingerprint density at radius 3 is 2.58 bits per heavy atom. The maximum atomic E-state index is 13.0. The SMILES string of the molecule is O=C(Cl)c1ccc(Br)c(F)c1Cl. The average molecular weight is 272 g/mol. The highest BCUT2D eigenvalue weighted by atomic mass is 79.9. The van der Waals surface area contributed by atoms with Crippen LogP contribution in [-0.2, 0) is 0 Å². The minimum atomic E-state index is -0.772. The third-order valence-electron chi connectivity index (χ3n) is 1.25. The van der Waals surface area contributed by atoms with Crippen LogP contribution in [-0.4, -0.2) is 5.24 Å². The summed E-state index contributed by atoms with van der Waals surface area (Å²) in [5.74, 6) is -0.678. The molecule has 0 unspecified atom stereocenters. The van der Waals surface area contributed by atoms with E-state index in [1.54, 1.807) is 0 Å². The Morgan fingerprint density at radius 2 is 2.08 bits per heavy atom. The molecule has 0 atom stereocenters. The molecule has 0 saturated heterocycles. The smallest absolute Gasteiger partial charge is 0.254 e. The molecule has 0 amide bonds. The predicted molar refractivity (Wildman–Crippen MR) is 49.3 cm³/mol. The number of carbonyl (C=O) groups is 1. The third-order valence-corrected chi connectivity index (χ3v) is 2.43. The molecule has 0 aliphatic heterocycles. The van der Waals surface area contributed by atoms with Gasteiger partial charge >= 0.3 is 0 Å². The van der Waals surface area contributed by atoms with Crippen LogP contribution >= 0.6 is 39.1 Å². The Kier molecular flexibility index (Phi) is 3.09. The number of hydrogen-bond acceptors (Lipinski definition) is 1. The summed E-state index contributed by atoms with van der Waals surface area (Å²) in [4.78, 5) is 10.6. The summed E-state index contributed by atoms with van der Waals surface area (Å²) in [5, 5.41) is -1.03. The average Bonchev–Trinajstić information content (AvgIpc) is 2.00. The van der Waals surface area contributed by atoms with Crippen LogP contribution in [0.15, 0.2) is 16.6 Å². The first-order valence-corrected chi connectivity index (χ1v) is 4.42. The lowest BCUT2D eigenvalue weighted by atomic mass is 10.2. The molecule has 0 radical (unpaired) electrons. The summed E-state index contributed by atoms with van der Waals surface area (Å²) in [6.45, 7) is 0. The van der Waals surface area contributed by atoms with E-state index in [2.05, 4.69) is 15.9 Å². The fourth-order valence-corrected chi connectivity index (χ4v) is 1.58. The molecule has 0 aliphatic rings.